The Hall–Kier alpha value is -1.05. The minimum Gasteiger partial charge on any atom is -0.480 e. The van der Waals surface area contributed by atoms with Gasteiger partial charge in [-0.1, -0.05) is 19.3 Å². The molecule has 0 radical (unpaired) electrons. The molecule has 1 aliphatic heterocycles. The highest BCUT2D eigenvalue weighted by Gasteiger charge is 2.41. The zero-order valence-corrected chi connectivity index (χ0v) is 14.8. The topological polar surface area (TPSA) is 108 Å². The van der Waals surface area contributed by atoms with Crippen LogP contribution in [-0.4, -0.2) is 46.0 Å². The summed E-state index contributed by atoms with van der Waals surface area (Å²) in [5.74, 6) is -2.18. The number of rotatable bonds is 5. The number of hydrogen-bond donors (Lipinski definition) is 4. The second kappa shape index (κ2) is 8.36. The van der Waals surface area contributed by atoms with Gasteiger partial charge >= 0.3 is 5.97 Å². The van der Waals surface area contributed by atoms with Gasteiger partial charge in [0, 0.05) is 5.92 Å². The highest BCUT2D eigenvalue weighted by molar-refractivity contribution is 6.23. The lowest BCUT2D eigenvalue weighted by Gasteiger charge is -2.34. The molecule has 4 N–H and O–H groups in total. The number of halogens is 2. The SMILES string of the molecule is O=C(CNC(=O)C1CC(Cl)NC(Cl)C1)NC1(C(=O)O)CCCCC1. The number of alkyl halides is 2. The highest BCUT2D eigenvalue weighted by Crippen LogP contribution is 2.28. The van der Waals surface area contributed by atoms with Gasteiger partial charge in [0.05, 0.1) is 17.5 Å². The zero-order valence-electron chi connectivity index (χ0n) is 13.3. The Bertz CT molecular complexity index is 487. The van der Waals surface area contributed by atoms with Gasteiger partial charge < -0.3 is 15.7 Å². The van der Waals surface area contributed by atoms with Gasteiger partial charge in [-0.05, 0) is 25.7 Å². The standard InChI is InChI=1S/C15H23Cl2N3O4/c16-10-6-9(7-11(17)19-10)13(22)18-8-12(21)20-15(14(23)24)4-2-1-3-5-15/h9-11,19H,1-8H2,(H,18,22)(H,20,21)(H,23,24). The van der Waals surface area contributed by atoms with E-state index in [1.54, 1.807) is 0 Å². The summed E-state index contributed by atoms with van der Waals surface area (Å²) < 4.78 is 0. The molecule has 2 amide bonds. The normalized spacial score (nSPS) is 29.5. The molecule has 2 unspecified atom stereocenters. The maximum Gasteiger partial charge on any atom is 0.329 e. The molecule has 0 aromatic heterocycles. The number of carbonyl (C=O) groups is 3. The third-order valence-electron chi connectivity index (χ3n) is 4.63. The van der Waals surface area contributed by atoms with E-state index in [4.69, 9.17) is 23.2 Å². The summed E-state index contributed by atoms with van der Waals surface area (Å²) in [5, 5.41) is 17.5. The van der Waals surface area contributed by atoms with E-state index in [1.807, 2.05) is 0 Å². The first-order valence-electron chi connectivity index (χ1n) is 8.19. The van der Waals surface area contributed by atoms with Crippen LogP contribution in [0.1, 0.15) is 44.9 Å². The first kappa shape index (κ1) is 19.3. The summed E-state index contributed by atoms with van der Waals surface area (Å²) in [6, 6.07) is 0. The maximum atomic E-state index is 12.1. The van der Waals surface area contributed by atoms with Crippen molar-refractivity contribution in [3.63, 3.8) is 0 Å². The average Bonchev–Trinajstić information content (AvgIpc) is 2.52. The maximum absolute atomic E-state index is 12.1. The number of aliphatic carboxylic acids is 1. The largest absolute Gasteiger partial charge is 0.480 e. The van der Waals surface area contributed by atoms with Gasteiger partial charge in [-0.3, -0.25) is 14.9 Å². The number of carboxylic acids is 1. The fourth-order valence-electron chi connectivity index (χ4n) is 3.31. The molecular formula is C15H23Cl2N3O4. The summed E-state index contributed by atoms with van der Waals surface area (Å²) in [4.78, 5) is 35.8. The average molecular weight is 380 g/mol. The number of piperidine rings is 1. The number of carbonyl (C=O) groups excluding carboxylic acids is 2. The molecule has 1 saturated heterocycles. The molecule has 2 atom stereocenters. The van der Waals surface area contributed by atoms with E-state index in [1.165, 1.54) is 0 Å². The molecule has 2 fully saturated rings. The molecule has 2 rings (SSSR count). The van der Waals surface area contributed by atoms with Gasteiger partial charge in [-0.2, -0.15) is 0 Å². The number of carboxylic acid groups (broad SMARTS) is 1. The monoisotopic (exact) mass is 379 g/mol. The molecule has 24 heavy (non-hydrogen) atoms. The Balaban J connectivity index is 1.83. The fourth-order valence-corrected chi connectivity index (χ4v) is 4.11. The lowest BCUT2D eigenvalue weighted by molar-refractivity contribution is -0.149. The summed E-state index contributed by atoms with van der Waals surface area (Å²) in [6.45, 7) is -0.252. The van der Waals surface area contributed by atoms with Crippen molar-refractivity contribution >= 4 is 41.0 Å². The van der Waals surface area contributed by atoms with Crippen molar-refractivity contribution < 1.29 is 19.5 Å². The molecule has 0 aromatic carbocycles. The van der Waals surface area contributed by atoms with Crippen molar-refractivity contribution in [3.05, 3.63) is 0 Å². The van der Waals surface area contributed by atoms with Gasteiger partial charge in [0.15, 0.2) is 0 Å². The van der Waals surface area contributed by atoms with Crippen molar-refractivity contribution in [1.82, 2.24) is 16.0 Å². The van der Waals surface area contributed by atoms with Crippen molar-refractivity contribution in [2.24, 2.45) is 5.92 Å². The highest BCUT2D eigenvalue weighted by atomic mass is 35.5. The predicted molar refractivity (Wildman–Crippen MR) is 89.7 cm³/mol. The molecule has 2 aliphatic rings. The second-order valence-electron chi connectivity index (χ2n) is 6.48. The van der Waals surface area contributed by atoms with Gasteiger partial charge in [-0.25, -0.2) is 4.79 Å². The smallest absolute Gasteiger partial charge is 0.329 e. The van der Waals surface area contributed by atoms with Crippen molar-refractivity contribution in [3.8, 4) is 0 Å². The van der Waals surface area contributed by atoms with Gasteiger partial charge in [0.2, 0.25) is 11.8 Å². The van der Waals surface area contributed by atoms with Crippen LogP contribution in [0.2, 0.25) is 0 Å². The van der Waals surface area contributed by atoms with E-state index in [9.17, 15) is 19.5 Å². The zero-order chi connectivity index (χ0) is 17.7. The van der Waals surface area contributed by atoms with Crippen LogP contribution in [0.3, 0.4) is 0 Å². The summed E-state index contributed by atoms with van der Waals surface area (Å²) in [7, 11) is 0. The van der Waals surface area contributed by atoms with Crippen LogP contribution in [-0.2, 0) is 14.4 Å². The molecule has 9 heteroatoms. The van der Waals surface area contributed by atoms with Crippen LogP contribution >= 0.6 is 23.2 Å². The lowest BCUT2D eigenvalue weighted by atomic mass is 9.81. The van der Waals surface area contributed by atoms with E-state index in [0.717, 1.165) is 19.3 Å². The minimum absolute atomic E-state index is 0.252. The number of nitrogens with one attached hydrogen (secondary N) is 3. The first-order chi connectivity index (χ1) is 11.3. The Morgan fingerprint density at radius 1 is 1.08 bits per heavy atom. The molecule has 0 aromatic rings. The molecule has 0 spiro atoms. The number of amides is 2. The molecule has 0 bridgehead atoms. The molecular weight excluding hydrogens is 357 g/mol. The van der Waals surface area contributed by atoms with E-state index in [0.29, 0.717) is 25.7 Å². The van der Waals surface area contributed by atoms with Crippen LogP contribution in [0.5, 0.6) is 0 Å². The quantitative estimate of drug-likeness (QED) is 0.423. The predicted octanol–water partition coefficient (Wildman–Crippen LogP) is 1.14. The Labute approximate surface area is 150 Å². The summed E-state index contributed by atoms with van der Waals surface area (Å²) in [6.07, 6.45) is 4.19. The van der Waals surface area contributed by atoms with Gasteiger partial charge in [0.25, 0.3) is 0 Å². The third-order valence-corrected chi connectivity index (χ3v) is 5.24. The Morgan fingerprint density at radius 2 is 1.67 bits per heavy atom. The van der Waals surface area contributed by atoms with Crippen LogP contribution < -0.4 is 16.0 Å². The molecule has 1 aliphatic carbocycles. The summed E-state index contributed by atoms with van der Waals surface area (Å²) in [5.41, 5.74) is -1.98. The van der Waals surface area contributed by atoms with E-state index >= 15 is 0 Å². The van der Waals surface area contributed by atoms with E-state index < -0.39 is 17.4 Å². The number of hydrogen-bond acceptors (Lipinski definition) is 4. The minimum atomic E-state index is -1.21. The van der Waals surface area contributed by atoms with Crippen LogP contribution in [0.25, 0.3) is 0 Å². The second-order valence-corrected chi connectivity index (χ2v) is 7.54. The summed E-state index contributed by atoms with van der Waals surface area (Å²) >= 11 is 11.9. The van der Waals surface area contributed by atoms with Crippen molar-refractivity contribution in [2.45, 2.75) is 61.5 Å². The van der Waals surface area contributed by atoms with Crippen molar-refractivity contribution in [1.29, 1.82) is 0 Å². The molecule has 136 valence electrons. The Morgan fingerprint density at radius 3 is 2.21 bits per heavy atom. The van der Waals surface area contributed by atoms with Crippen LogP contribution in [0.15, 0.2) is 0 Å². The Kier molecular flexibility index (Phi) is 6.71. The molecule has 1 heterocycles. The van der Waals surface area contributed by atoms with Crippen LogP contribution in [0, 0.1) is 5.92 Å². The van der Waals surface area contributed by atoms with Gasteiger partial charge in [-0.15, -0.1) is 23.2 Å². The first-order valence-corrected chi connectivity index (χ1v) is 9.06. The third kappa shape index (κ3) is 4.97. The van der Waals surface area contributed by atoms with E-state index in [-0.39, 0.29) is 29.4 Å². The lowest BCUT2D eigenvalue weighted by Crippen LogP contribution is -2.57. The molecule has 7 nitrogen and oxygen atoms in total. The van der Waals surface area contributed by atoms with E-state index in [2.05, 4.69) is 16.0 Å². The molecule has 1 saturated carbocycles. The van der Waals surface area contributed by atoms with Crippen molar-refractivity contribution in [2.75, 3.05) is 6.54 Å². The van der Waals surface area contributed by atoms with Gasteiger partial charge in [0.1, 0.15) is 5.54 Å². The van der Waals surface area contributed by atoms with Crippen LogP contribution in [0.4, 0.5) is 0 Å². The fraction of sp³-hybridized carbons (Fsp3) is 0.800.